The average Bonchev–Trinajstić information content (AvgIpc) is 3.06. The van der Waals surface area contributed by atoms with E-state index in [0.29, 0.717) is 11.6 Å². The quantitative estimate of drug-likeness (QED) is 0.804. The van der Waals surface area contributed by atoms with Crippen LogP contribution in [0.25, 0.3) is 0 Å². The van der Waals surface area contributed by atoms with E-state index in [9.17, 15) is 4.79 Å². The van der Waals surface area contributed by atoms with Crippen molar-refractivity contribution in [3.63, 3.8) is 0 Å². The van der Waals surface area contributed by atoms with Gasteiger partial charge < -0.3 is 9.80 Å². The van der Waals surface area contributed by atoms with Gasteiger partial charge in [0, 0.05) is 18.1 Å². The summed E-state index contributed by atoms with van der Waals surface area (Å²) in [7, 11) is 2.11. The van der Waals surface area contributed by atoms with E-state index in [-0.39, 0.29) is 17.9 Å². The van der Waals surface area contributed by atoms with Crippen LogP contribution in [0, 0.1) is 5.92 Å². The zero-order valence-corrected chi connectivity index (χ0v) is 14.5. The molecule has 1 fully saturated rings. The molecule has 2 aliphatic rings. The molecule has 0 saturated heterocycles. The summed E-state index contributed by atoms with van der Waals surface area (Å²) in [4.78, 5) is 17.5. The lowest BCUT2D eigenvalue weighted by Crippen LogP contribution is -2.40. The van der Waals surface area contributed by atoms with Gasteiger partial charge in [-0.1, -0.05) is 48.4 Å². The van der Waals surface area contributed by atoms with E-state index >= 15 is 0 Å². The van der Waals surface area contributed by atoms with Gasteiger partial charge in [0.2, 0.25) is 5.91 Å². The Hall–Kier alpha value is -2.00. The normalized spacial score (nSPS) is 23.0. The number of benzene rings is 2. The maximum absolute atomic E-state index is 13.3. The molecule has 0 bridgehead atoms. The molecule has 0 N–H and O–H groups in total. The molecule has 2 unspecified atom stereocenters. The molecule has 1 saturated carbocycles. The van der Waals surface area contributed by atoms with Gasteiger partial charge in [0.15, 0.2) is 0 Å². The van der Waals surface area contributed by atoms with Crippen LogP contribution >= 0.6 is 11.6 Å². The number of carbonyl (C=O) groups excluding carboxylic acids is 1. The average molecular weight is 341 g/mol. The van der Waals surface area contributed by atoms with Crippen LogP contribution < -0.4 is 9.80 Å². The summed E-state index contributed by atoms with van der Waals surface area (Å²) in [6.45, 7) is 0.587. The highest BCUT2D eigenvalue weighted by molar-refractivity contribution is 6.31. The van der Waals surface area contributed by atoms with E-state index < -0.39 is 0 Å². The smallest absolute Gasteiger partial charge is 0.232 e. The summed E-state index contributed by atoms with van der Waals surface area (Å²) in [6, 6.07) is 16.3. The second-order valence-electron chi connectivity index (χ2n) is 6.76. The Bertz CT molecular complexity index is 761. The van der Waals surface area contributed by atoms with Crippen LogP contribution in [0.5, 0.6) is 0 Å². The van der Waals surface area contributed by atoms with Crippen LogP contribution in [-0.2, 0) is 11.3 Å². The fourth-order valence-corrected chi connectivity index (χ4v) is 4.30. The summed E-state index contributed by atoms with van der Waals surface area (Å²) in [5.74, 6) is 0.305. The third-order valence-corrected chi connectivity index (χ3v) is 5.59. The van der Waals surface area contributed by atoms with E-state index in [2.05, 4.69) is 24.1 Å². The van der Waals surface area contributed by atoms with E-state index in [1.165, 1.54) is 0 Å². The van der Waals surface area contributed by atoms with Crippen LogP contribution in [-0.4, -0.2) is 19.0 Å². The first-order chi connectivity index (χ1) is 11.6. The Morgan fingerprint density at radius 3 is 2.67 bits per heavy atom. The number of hydrogen-bond donors (Lipinski definition) is 0. The molecule has 1 amide bonds. The van der Waals surface area contributed by atoms with Gasteiger partial charge >= 0.3 is 0 Å². The minimum atomic E-state index is 0.0740. The molecule has 2 aromatic rings. The monoisotopic (exact) mass is 340 g/mol. The largest absolute Gasteiger partial charge is 0.369 e. The number of fused-ring (bicyclic) bond motifs is 2. The van der Waals surface area contributed by atoms with Crippen molar-refractivity contribution in [1.29, 1.82) is 0 Å². The predicted octanol–water partition coefficient (Wildman–Crippen LogP) is 4.49. The van der Waals surface area contributed by atoms with Gasteiger partial charge in [0.1, 0.15) is 0 Å². The molecular formula is C20H21ClN2O. The Morgan fingerprint density at radius 1 is 1.08 bits per heavy atom. The number of amides is 1. The summed E-state index contributed by atoms with van der Waals surface area (Å²) in [6.07, 6.45) is 3.17. The van der Waals surface area contributed by atoms with Crippen LogP contribution in [0.4, 0.5) is 11.4 Å². The Balaban J connectivity index is 1.82. The lowest BCUT2D eigenvalue weighted by atomic mass is 10.0. The summed E-state index contributed by atoms with van der Waals surface area (Å²) in [5, 5.41) is 0.667. The highest BCUT2D eigenvalue weighted by atomic mass is 35.5. The second kappa shape index (κ2) is 6.14. The van der Waals surface area contributed by atoms with Crippen molar-refractivity contribution in [1.82, 2.24) is 0 Å². The van der Waals surface area contributed by atoms with E-state index in [4.69, 9.17) is 11.6 Å². The molecule has 0 radical (unpaired) electrons. The molecule has 124 valence electrons. The Labute approximate surface area is 147 Å². The van der Waals surface area contributed by atoms with Crippen LogP contribution in [0.3, 0.4) is 0 Å². The second-order valence-corrected chi connectivity index (χ2v) is 7.20. The van der Waals surface area contributed by atoms with Gasteiger partial charge in [0.05, 0.1) is 23.8 Å². The van der Waals surface area contributed by atoms with Crippen LogP contribution in [0.15, 0.2) is 48.5 Å². The molecule has 4 rings (SSSR count). The highest BCUT2D eigenvalue weighted by Gasteiger charge is 2.42. The zero-order valence-electron chi connectivity index (χ0n) is 13.8. The maximum atomic E-state index is 13.3. The Morgan fingerprint density at radius 2 is 1.88 bits per heavy atom. The van der Waals surface area contributed by atoms with Gasteiger partial charge in [-0.25, -0.2) is 0 Å². The molecule has 2 atom stereocenters. The van der Waals surface area contributed by atoms with Crippen LogP contribution in [0.1, 0.15) is 24.8 Å². The van der Waals surface area contributed by atoms with Crippen molar-refractivity contribution >= 4 is 28.9 Å². The molecule has 1 aliphatic heterocycles. The topological polar surface area (TPSA) is 23.6 Å². The lowest BCUT2D eigenvalue weighted by Gasteiger charge is -2.28. The number of halogens is 1. The van der Waals surface area contributed by atoms with Crippen molar-refractivity contribution in [2.45, 2.75) is 31.8 Å². The number of carbonyl (C=O) groups is 1. The van der Waals surface area contributed by atoms with E-state index in [1.54, 1.807) is 0 Å². The third kappa shape index (κ3) is 2.57. The minimum absolute atomic E-state index is 0.0740. The van der Waals surface area contributed by atoms with Crippen molar-refractivity contribution in [2.75, 3.05) is 16.8 Å². The third-order valence-electron chi connectivity index (χ3n) is 5.35. The first-order valence-corrected chi connectivity index (χ1v) is 8.90. The molecule has 4 heteroatoms. The zero-order chi connectivity index (χ0) is 16.7. The number of rotatable bonds is 2. The van der Waals surface area contributed by atoms with Crippen molar-refractivity contribution in [3.8, 4) is 0 Å². The molecular weight excluding hydrogens is 320 g/mol. The lowest BCUT2D eigenvalue weighted by molar-refractivity contribution is -0.122. The van der Waals surface area contributed by atoms with Gasteiger partial charge in [-0.05, 0) is 36.6 Å². The predicted molar refractivity (Wildman–Crippen MR) is 98.6 cm³/mol. The fourth-order valence-electron chi connectivity index (χ4n) is 4.13. The minimum Gasteiger partial charge on any atom is -0.369 e. The molecule has 24 heavy (non-hydrogen) atoms. The summed E-state index contributed by atoms with van der Waals surface area (Å²) >= 11 is 6.26. The fraction of sp³-hybridized carbons (Fsp3) is 0.350. The first-order valence-electron chi connectivity index (χ1n) is 8.53. The van der Waals surface area contributed by atoms with Crippen molar-refractivity contribution in [2.24, 2.45) is 5.92 Å². The van der Waals surface area contributed by atoms with Crippen LogP contribution in [0.2, 0.25) is 5.02 Å². The SMILES string of the molecule is CN1c2ccc(Cl)cc2N(Cc2ccccc2)C(=O)C2CCCC21. The molecule has 1 heterocycles. The highest BCUT2D eigenvalue weighted by Crippen LogP contribution is 2.43. The summed E-state index contributed by atoms with van der Waals surface area (Å²) < 4.78 is 0. The van der Waals surface area contributed by atoms with E-state index in [1.807, 2.05) is 41.3 Å². The molecule has 3 nitrogen and oxygen atoms in total. The molecule has 0 aromatic heterocycles. The molecule has 0 spiro atoms. The standard InChI is InChI=1S/C20H21ClN2O/c1-22-17-9-5-8-16(17)20(24)23(13-14-6-3-2-4-7-14)19-12-15(21)10-11-18(19)22/h2-4,6-7,10-12,16-17H,5,8-9,13H2,1H3. The maximum Gasteiger partial charge on any atom is 0.232 e. The number of nitrogens with zero attached hydrogens (tertiary/aromatic N) is 2. The molecule has 2 aromatic carbocycles. The van der Waals surface area contributed by atoms with Gasteiger partial charge in [0.25, 0.3) is 0 Å². The first kappa shape index (κ1) is 15.5. The van der Waals surface area contributed by atoms with E-state index in [0.717, 1.165) is 36.2 Å². The van der Waals surface area contributed by atoms with Gasteiger partial charge in [-0.15, -0.1) is 0 Å². The molecule has 1 aliphatic carbocycles. The van der Waals surface area contributed by atoms with Crippen molar-refractivity contribution < 1.29 is 4.79 Å². The van der Waals surface area contributed by atoms with Gasteiger partial charge in [-0.3, -0.25) is 4.79 Å². The summed E-state index contributed by atoms with van der Waals surface area (Å²) in [5.41, 5.74) is 3.15. The number of hydrogen-bond acceptors (Lipinski definition) is 2. The van der Waals surface area contributed by atoms with Crippen molar-refractivity contribution in [3.05, 3.63) is 59.1 Å². The number of anilines is 2. The Kier molecular flexibility index (Phi) is 3.97. The van der Waals surface area contributed by atoms with Gasteiger partial charge in [-0.2, -0.15) is 0 Å².